The van der Waals surface area contributed by atoms with Crippen molar-refractivity contribution in [3.05, 3.63) is 23.8 Å². The Hall–Kier alpha value is -2.22. The van der Waals surface area contributed by atoms with Gasteiger partial charge in [-0.1, -0.05) is 13.0 Å². The van der Waals surface area contributed by atoms with E-state index in [0.29, 0.717) is 17.9 Å². The van der Waals surface area contributed by atoms with Crippen LogP contribution in [-0.2, 0) is 4.79 Å². The fourth-order valence-corrected chi connectivity index (χ4v) is 1.86. The summed E-state index contributed by atoms with van der Waals surface area (Å²) in [5.41, 5.74) is 0.728. The lowest BCUT2D eigenvalue weighted by molar-refractivity contribution is -0.130. The molecule has 0 radical (unpaired) electrons. The first-order chi connectivity index (χ1) is 8.67. The molecule has 0 spiro atoms. The SMILES string of the molecule is CCC(=O)N(C)C(C#N)c1ccc2c(c1)OCO2. The Bertz CT molecular complexity index is 507. The molecule has 1 heterocycles. The Balaban J connectivity index is 2.28. The van der Waals surface area contributed by atoms with Gasteiger partial charge in [-0.3, -0.25) is 4.79 Å². The summed E-state index contributed by atoms with van der Waals surface area (Å²) in [5.74, 6) is 1.21. The van der Waals surface area contributed by atoms with Gasteiger partial charge >= 0.3 is 0 Å². The average molecular weight is 246 g/mol. The molecule has 1 amide bonds. The molecule has 1 aliphatic rings. The minimum Gasteiger partial charge on any atom is -0.454 e. The number of hydrogen-bond acceptors (Lipinski definition) is 4. The number of fused-ring (bicyclic) bond motifs is 1. The third kappa shape index (κ3) is 2.09. The topological polar surface area (TPSA) is 62.6 Å². The number of carbonyl (C=O) groups is 1. The van der Waals surface area contributed by atoms with E-state index >= 15 is 0 Å². The van der Waals surface area contributed by atoms with Crippen molar-refractivity contribution in [3.8, 4) is 17.6 Å². The van der Waals surface area contributed by atoms with E-state index in [1.165, 1.54) is 4.90 Å². The first-order valence-electron chi connectivity index (χ1n) is 5.72. The molecule has 1 aliphatic heterocycles. The van der Waals surface area contributed by atoms with Gasteiger partial charge in [0.15, 0.2) is 11.5 Å². The minimum absolute atomic E-state index is 0.0702. The molecule has 0 fully saturated rings. The summed E-state index contributed by atoms with van der Waals surface area (Å²) >= 11 is 0. The van der Waals surface area contributed by atoms with Gasteiger partial charge in [-0.05, 0) is 17.7 Å². The van der Waals surface area contributed by atoms with Gasteiger partial charge in [0.2, 0.25) is 12.7 Å². The standard InChI is InChI=1S/C13H14N2O3/c1-3-13(16)15(2)10(7-14)9-4-5-11-12(6-9)18-8-17-11/h4-6,10H,3,8H2,1-2H3. The van der Waals surface area contributed by atoms with Crippen molar-refractivity contribution < 1.29 is 14.3 Å². The molecule has 0 bridgehead atoms. The molecule has 1 aromatic rings. The molecule has 1 aromatic carbocycles. The smallest absolute Gasteiger partial charge is 0.231 e. The van der Waals surface area contributed by atoms with Crippen LogP contribution in [0.15, 0.2) is 18.2 Å². The summed E-state index contributed by atoms with van der Waals surface area (Å²) in [7, 11) is 1.63. The van der Waals surface area contributed by atoms with E-state index < -0.39 is 6.04 Å². The van der Waals surface area contributed by atoms with Gasteiger partial charge < -0.3 is 14.4 Å². The van der Waals surface area contributed by atoms with Gasteiger partial charge in [0.05, 0.1) is 6.07 Å². The van der Waals surface area contributed by atoms with Crippen LogP contribution < -0.4 is 9.47 Å². The lowest BCUT2D eigenvalue weighted by Gasteiger charge is -2.22. The second-order valence-corrected chi connectivity index (χ2v) is 4.00. The molecule has 1 unspecified atom stereocenters. The maximum Gasteiger partial charge on any atom is 0.231 e. The largest absolute Gasteiger partial charge is 0.454 e. The van der Waals surface area contributed by atoms with Crippen LogP contribution in [0.4, 0.5) is 0 Å². The molecule has 0 saturated heterocycles. The molecule has 5 heteroatoms. The summed E-state index contributed by atoms with van der Waals surface area (Å²) in [5, 5.41) is 9.23. The molecule has 0 saturated carbocycles. The number of carbonyl (C=O) groups excluding carboxylic acids is 1. The number of benzene rings is 1. The predicted molar refractivity (Wildman–Crippen MR) is 64.0 cm³/mol. The van der Waals surface area contributed by atoms with Crippen LogP contribution in [0.3, 0.4) is 0 Å². The number of hydrogen-bond donors (Lipinski definition) is 0. The van der Waals surface area contributed by atoms with Crippen molar-refractivity contribution in [3.63, 3.8) is 0 Å². The maximum absolute atomic E-state index is 11.6. The van der Waals surface area contributed by atoms with Crippen LogP contribution in [-0.4, -0.2) is 24.6 Å². The fraction of sp³-hybridized carbons (Fsp3) is 0.385. The predicted octanol–water partition coefficient (Wildman–Crippen LogP) is 1.85. The van der Waals surface area contributed by atoms with Gasteiger partial charge in [-0.25, -0.2) is 0 Å². The third-order valence-corrected chi connectivity index (χ3v) is 2.92. The first kappa shape index (κ1) is 12.2. The summed E-state index contributed by atoms with van der Waals surface area (Å²) in [6, 6.07) is 6.81. The molecular formula is C13H14N2O3. The molecule has 5 nitrogen and oxygen atoms in total. The highest BCUT2D eigenvalue weighted by molar-refractivity contribution is 5.76. The molecule has 18 heavy (non-hydrogen) atoms. The van der Waals surface area contributed by atoms with E-state index in [-0.39, 0.29) is 12.7 Å². The van der Waals surface area contributed by atoms with Crippen molar-refractivity contribution in [1.29, 1.82) is 5.26 Å². The number of amides is 1. The van der Waals surface area contributed by atoms with Crippen molar-refractivity contribution in [1.82, 2.24) is 4.90 Å². The van der Waals surface area contributed by atoms with Gasteiger partial charge in [0.1, 0.15) is 6.04 Å². The van der Waals surface area contributed by atoms with Gasteiger partial charge in [0, 0.05) is 13.5 Å². The zero-order valence-electron chi connectivity index (χ0n) is 10.3. The molecule has 2 rings (SSSR count). The molecule has 0 aliphatic carbocycles. The minimum atomic E-state index is -0.605. The van der Waals surface area contributed by atoms with Crippen LogP contribution in [0, 0.1) is 11.3 Å². The van der Waals surface area contributed by atoms with E-state index in [9.17, 15) is 10.1 Å². The summed E-state index contributed by atoms with van der Waals surface area (Å²) in [6.07, 6.45) is 0.374. The number of nitrogens with zero attached hydrogens (tertiary/aromatic N) is 2. The molecule has 1 atom stereocenters. The van der Waals surface area contributed by atoms with E-state index in [1.807, 2.05) is 0 Å². The zero-order valence-corrected chi connectivity index (χ0v) is 10.3. The monoisotopic (exact) mass is 246 g/mol. The van der Waals surface area contributed by atoms with Crippen LogP contribution in [0.5, 0.6) is 11.5 Å². The van der Waals surface area contributed by atoms with Gasteiger partial charge in [0.25, 0.3) is 0 Å². The average Bonchev–Trinajstić information content (AvgIpc) is 2.86. The van der Waals surface area contributed by atoms with Crippen molar-refractivity contribution in [2.24, 2.45) is 0 Å². The van der Waals surface area contributed by atoms with E-state index in [2.05, 4.69) is 6.07 Å². The van der Waals surface area contributed by atoms with Crippen molar-refractivity contribution in [2.45, 2.75) is 19.4 Å². The van der Waals surface area contributed by atoms with Crippen LogP contribution >= 0.6 is 0 Å². The van der Waals surface area contributed by atoms with Crippen molar-refractivity contribution in [2.75, 3.05) is 13.8 Å². The number of ether oxygens (including phenoxy) is 2. The lowest BCUT2D eigenvalue weighted by Crippen LogP contribution is -2.29. The Kier molecular flexibility index (Phi) is 3.38. The van der Waals surface area contributed by atoms with Crippen LogP contribution in [0.1, 0.15) is 24.9 Å². The van der Waals surface area contributed by atoms with Gasteiger partial charge in [-0.15, -0.1) is 0 Å². The highest BCUT2D eigenvalue weighted by Crippen LogP contribution is 2.35. The lowest BCUT2D eigenvalue weighted by atomic mass is 10.1. The highest BCUT2D eigenvalue weighted by Gasteiger charge is 2.23. The molecular weight excluding hydrogens is 232 g/mol. The summed E-state index contributed by atoms with van der Waals surface area (Å²) in [6.45, 7) is 1.96. The van der Waals surface area contributed by atoms with E-state index in [4.69, 9.17) is 9.47 Å². The highest BCUT2D eigenvalue weighted by atomic mass is 16.7. The van der Waals surface area contributed by atoms with Crippen LogP contribution in [0.25, 0.3) is 0 Å². The Morgan fingerprint density at radius 1 is 1.50 bits per heavy atom. The first-order valence-corrected chi connectivity index (χ1v) is 5.72. The van der Waals surface area contributed by atoms with Crippen molar-refractivity contribution >= 4 is 5.91 Å². The Labute approximate surface area is 106 Å². The normalized spacial score (nSPS) is 13.8. The number of nitriles is 1. The second-order valence-electron chi connectivity index (χ2n) is 4.00. The summed E-state index contributed by atoms with van der Waals surface area (Å²) < 4.78 is 10.5. The molecule has 0 N–H and O–H groups in total. The van der Waals surface area contributed by atoms with Crippen LogP contribution in [0.2, 0.25) is 0 Å². The van der Waals surface area contributed by atoms with E-state index in [0.717, 1.165) is 5.56 Å². The number of rotatable bonds is 3. The Morgan fingerprint density at radius 2 is 2.22 bits per heavy atom. The third-order valence-electron chi connectivity index (χ3n) is 2.92. The van der Waals surface area contributed by atoms with E-state index in [1.54, 1.807) is 32.2 Å². The van der Waals surface area contributed by atoms with Gasteiger partial charge in [-0.2, -0.15) is 5.26 Å². The maximum atomic E-state index is 11.6. The second kappa shape index (κ2) is 4.96. The molecule has 94 valence electrons. The quantitative estimate of drug-likeness (QED) is 0.816. The fourth-order valence-electron chi connectivity index (χ4n) is 1.86. The Morgan fingerprint density at radius 3 is 2.89 bits per heavy atom. The molecule has 0 aromatic heterocycles. The summed E-state index contributed by atoms with van der Waals surface area (Å²) in [4.78, 5) is 13.1. The zero-order chi connectivity index (χ0) is 13.1.